The van der Waals surface area contributed by atoms with Gasteiger partial charge in [0.2, 0.25) is 0 Å². The number of hydrogen-bond donors (Lipinski definition) is 1. The van der Waals surface area contributed by atoms with Crippen LogP contribution >= 0.6 is 11.3 Å². The van der Waals surface area contributed by atoms with E-state index in [1.54, 1.807) is 24.5 Å². The van der Waals surface area contributed by atoms with Crippen LogP contribution < -0.4 is 4.90 Å². The van der Waals surface area contributed by atoms with Gasteiger partial charge in [0.05, 0.1) is 5.69 Å². The van der Waals surface area contributed by atoms with E-state index in [4.69, 9.17) is 15.1 Å². The summed E-state index contributed by atoms with van der Waals surface area (Å²) >= 11 is 1.25. The highest BCUT2D eigenvalue weighted by molar-refractivity contribution is 7.16. The number of benzene rings is 1. The minimum atomic E-state index is -0.989. The minimum absolute atomic E-state index is 0.239. The number of carboxylic acid groups (broad SMARTS) is 1. The van der Waals surface area contributed by atoms with Gasteiger partial charge in [0.25, 0.3) is 0 Å². The number of thiazole rings is 1. The lowest BCUT2D eigenvalue weighted by Crippen LogP contribution is -2.13. The summed E-state index contributed by atoms with van der Waals surface area (Å²) in [5.74, 6) is -0.308. The molecular formula is C26H20FN7O2S. The van der Waals surface area contributed by atoms with Gasteiger partial charge in [-0.15, -0.1) is 0 Å². The molecular weight excluding hydrogens is 493 g/mol. The van der Waals surface area contributed by atoms with E-state index in [1.165, 1.54) is 23.5 Å². The van der Waals surface area contributed by atoms with Crippen molar-refractivity contribution >= 4 is 33.9 Å². The first kappa shape index (κ1) is 24.0. The number of aliphatic carboxylic acids is 1. The van der Waals surface area contributed by atoms with Crippen LogP contribution in [0.3, 0.4) is 0 Å². The largest absolute Gasteiger partial charge is 0.481 e. The van der Waals surface area contributed by atoms with Crippen molar-refractivity contribution in [2.75, 3.05) is 11.9 Å². The summed E-state index contributed by atoms with van der Waals surface area (Å²) in [7, 11) is 1.87. The zero-order chi connectivity index (χ0) is 26.1. The molecule has 5 rings (SSSR count). The van der Waals surface area contributed by atoms with Crippen LogP contribution in [0.1, 0.15) is 23.3 Å². The first-order valence-corrected chi connectivity index (χ1v) is 12.1. The van der Waals surface area contributed by atoms with Crippen LogP contribution in [0.25, 0.3) is 28.0 Å². The van der Waals surface area contributed by atoms with E-state index < -0.39 is 5.97 Å². The normalized spacial score (nSPS) is 11.0. The van der Waals surface area contributed by atoms with E-state index >= 15 is 0 Å². The molecule has 0 unspecified atom stereocenters. The number of nitrogens with zero attached hydrogens (tertiary/aromatic N) is 7. The summed E-state index contributed by atoms with van der Waals surface area (Å²) in [6.07, 6.45) is 5.55. The molecule has 0 amide bonds. The van der Waals surface area contributed by atoms with Crippen LogP contribution in [-0.2, 0) is 17.6 Å². The molecule has 0 radical (unpaired) electrons. The lowest BCUT2D eigenvalue weighted by Gasteiger charge is -2.17. The van der Waals surface area contributed by atoms with Crippen molar-refractivity contribution in [3.05, 3.63) is 77.2 Å². The lowest BCUT2D eigenvalue weighted by atomic mass is 10.1. The zero-order valence-corrected chi connectivity index (χ0v) is 20.7. The standard InChI is InChI=1S/C26H20FN7O2S/c1-3-19-25(33(2)26-32-24(20(11-28)37-26)15-4-7-18(27)8-5-15)34-14-16(6-9-22(34)31-19)17-12-29-21(30-13-17)10-23(35)36/h4-9,12-14H,3,10H2,1-2H3,(H,35,36). The number of aromatic nitrogens is 5. The Morgan fingerprint density at radius 3 is 2.46 bits per heavy atom. The lowest BCUT2D eigenvalue weighted by molar-refractivity contribution is -0.136. The molecule has 1 N–H and O–H groups in total. The maximum absolute atomic E-state index is 13.4. The summed E-state index contributed by atoms with van der Waals surface area (Å²) in [5.41, 5.74) is 4.31. The van der Waals surface area contributed by atoms with Gasteiger partial charge in [0.1, 0.15) is 46.2 Å². The van der Waals surface area contributed by atoms with E-state index in [0.717, 1.165) is 28.3 Å². The number of imidazole rings is 1. The van der Waals surface area contributed by atoms with Crippen LogP contribution in [-0.4, -0.2) is 42.5 Å². The highest BCUT2D eigenvalue weighted by atomic mass is 32.1. The molecule has 1 aromatic carbocycles. The molecule has 0 saturated heterocycles. The Kier molecular flexibility index (Phi) is 6.33. The first-order valence-electron chi connectivity index (χ1n) is 11.3. The Hall–Kier alpha value is -4.69. The highest BCUT2D eigenvalue weighted by Crippen LogP contribution is 2.37. The Labute approximate surface area is 215 Å². The summed E-state index contributed by atoms with van der Waals surface area (Å²) in [5, 5.41) is 19.3. The van der Waals surface area contributed by atoms with Crippen LogP contribution in [0.15, 0.2) is 55.0 Å². The topological polar surface area (TPSA) is 120 Å². The fourth-order valence-electron chi connectivity index (χ4n) is 4.00. The molecule has 0 saturated carbocycles. The van der Waals surface area contributed by atoms with Crippen LogP contribution in [0.4, 0.5) is 15.3 Å². The van der Waals surface area contributed by atoms with Crippen molar-refractivity contribution in [2.24, 2.45) is 0 Å². The first-order chi connectivity index (χ1) is 17.9. The second-order valence-corrected chi connectivity index (χ2v) is 9.17. The molecule has 0 atom stereocenters. The minimum Gasteiger partial charge on any atom is -0.481 e. The molecule has 184 valence electrons. The molecule has 4 heterocycles. The molecule has 0 fully saturated rings. The molecule has 4 aromatic heterocycles. The number of rotatable bonds is 7. The summed E-state index contributed by atoms with van der Waals surface area (Å²) in [4.78, 5) is 31.1. The average Bonchev–Trinajstić information content (AvgIpc) is 3.50. The third-order valence-corrected chi connectivity index (χ3v) is 6.82. The number of carbonyl (C=O) groups is 1. The molecule has 0 aliphatic heterocycles. The number of halogens is 1. The molecule has 0 aliphatic rings. The summed E-state index contributed by atoms with van der Waals surface area (Å²) < 4.78 is 15.4. The third kappa shape index (κ3) is 4.62. The average molecular weight is 514 g/mol. The monoisotopic (exact) mass is 513 g/mol. The SMILES string of the molecule is CCc1nc2ccc(-c3cnc(CC(=O)O)nc3)cn2c1N(C)c1nc(-c2ccc(F)cc2)c(C#N)s1. The van der Waals surface area contributed by atoms with Gasteiger partial charge in [-0.1, -0.05) is 18.3 Å². The van der Waals surface area contributed by atoms with Gasteiger partial charge in [-0.25, -0.2) is 24.3 Å². The van der Waals surface area contributed by atoms with Crippen molar-refractivity contribution in [1.29, 1.82) is 5.26 Å². The maximum atomic E-state index is 13.4. The van der Waals surface area contributed by atoms with Gasteiger partial charge in [-0.2, -0.15) is 5.26 Å². The second kappa shape index (κ2) is 9.75. The van der Waals surface area contributed by atoms with Crippen molar-refractivity contribution in [3.63, 3.8) is 0 Å². The van der Waals surface area contributed by atoms with Crippen LogP contribution in [0.5, 0.6) is 0 Å². The van der Waals surface area contributed by atoms with Gasteiger partial charge in [-0.3, -0.25) is 9.20 Å². The van der Waals surface area contributed by atoms with Crippen molar-refractivity contribution in [1.82, 2.24) is 24.3 Å². The predicted octanol–water partition coefficient (Wildman–Crippen LogP) is 4.88. The molecule has 9 nitrogen and oxygen atoms in total. The quantitative estimate of drug-likeness (QED) is 0.327. The number of pyridine rings is 1. The van der Waals surface area contributed by atoms with Crippen LogP contribution in [0.2, 0.25) is 0 Å². The van der Waals surface area contributed by atoms with Gasteiger partial charge in [0.15, 0.2) is 5.13 Å². The highest BCUT2D eigenvalue weighted by Gasteiger charge is 2.22. The van der Waals surface area contributed by atoms with Crippen LogP contribution in [0, 0.1) is 17.1 Å². The Bertz CT molecular complexity index is 1650. The second-order valence-electron chi connectivity index (χ2n) is 8.19. The smallest absolute Gasteiger partial charge is 0.311 e. The number of nitriles is 1. The number of fused-ring (bicyclic) bond motifs is 1. The van der Waals surface area contributed by atoms with Crippen molar-refractivity contribution < 1.29 is 14.3 Å². The molecule has 37 heavy (non-hydrogen) atoms. The Morgan fingerprint density at radius 2 is 1.81 bits per heavy atom. The van der Waals surface area contributed by atoms with E-state index in [9.17, 15) is 14.4 Å². The third-order valence-electron chi connectivity index (χ3n) is 5.79. The Morgan fingerprint density at radius 1 is 1.11 bits per heavy atom. The van der Waals surface area contributed by atoms with Gasteiger partial charge < -0.3 is 10.0 Å². The number of carboxylic acids is 1. The van der Waals surface area contributed by atoms with E-state index in [2.05, 4.69) is 16.0 Å². The molecule has 5 aromatic rings. The molecule has 0 aliphatic carbocycles. The molecule has 0 spiro atoms. The van der Waals surface area contributed by atoms with Crippen molar-refractivity contribution in [3.8, 4) is 28.5 Å². The number of hydrogen-bond acceptors (Lipinski definition) is 8. The van der Waals surface area contributed by atoms with E-state index in [-0.39, 0.29) is 18.1 Å². The molecule has 11 heteroatoms. The molecule has 0 bridgehead atoms. The van der Waals surface area contributed by atoms with E-state index in [0.29, 0.717) is 27.7 Å². The van der Waals surface area contributed by atoms with Gasteiger partial charge >= 0.3 is 5.97 Å². The zero-order valence-electron chi connectivity index (χ0n) is 19.9. The maximum Gasteiger partial charge on any atom is 0.311 e. The Balaban J connectivity index is 1.56. The fraction of sp³-hybridized carbons (Fsp3) is 0.154. The van der Waals surface area contributed by atoms with Crippen molar-refractivity contribution in [2.45, 2.75) is 19.8 Å². The number of aryl methyl sites for hydroxylation is 1. The number of anilines is 2. The van der Waals surface area contributed by atoms with Gasteiger partial charge in [0, 0.05) is 42.3 Å². The predicted molar refractivity (Wildman–Crippen MR) is 137 cm³/mol. The summed E-state index contributed by atoms with van der Waals surface area (Å²) in [6, 6.07) is 11.9. The van der Waals surface area contributed by atoms with Gasteiger partial charge in [-0.05, 0) is 42.8 Å². The van der Waals surface area contributed by atoms with E-state index in [1.807, 2.05) is 41.6 Å². The summed E-state index contributed by atoms with van der Waals surface area (Å²) in [6.45, 7) is 2.02. The fourth-order valence-corrected chi connectivity index (χ4v) is 4.85.